The summed E-state index contributed by atoms with van der Waals surface area (Å²) in [5.41, 5.74) is 3.22. The van der Waals surface area contributed by atoms with Crippen LogP contribution in [0.3, 0.4) is 0 Å². The molecule has 4 rings (SSSR count). The van der Waals surface area contributed by atoms with Crippen LogP contribution >= 0.6 is 45.8 Å². The summed E-state index contributed by atoms with van der Waals surface area (Å²) in [6.07, 6.45) is 1.97. The van der Waals surface area contributed by atoms with Crippen molar-refractivity contribution >= 4 is 61.9 Å². The Morgan fingerprint density at radius 1 is 1.10 bits per heavy atom. The predicted molar refractivity (Wildman–Crippen MR) is 133 cm³/mol. The Morgan fingerprint density at radius 3 is 2.74 bits per heavy atom. The van der Waals surface area contributed by atoms with Gasteiger partial charge in [0.2, 0.25) is 11.0 Å². The summed E-state index contributed by atoms with van der Waals surface area (Å²) in [5, 5.41) is 19.9. The Labute approximate surface area is 197 Å². The number of hydrogen-bond donors (Lipinski definition) is 2. The number of thiophene rings is 1. The van der Waals surface area contributed by atoms with Crippen molar-refractivity contribution < 1.29 is 4.79 Å². The van der Waals surface area contributed by atoms with Gasteiger partial charge >= 0.3 is 0 Å². The molecule has 1 amide bonds. The van der Waals surface area contributed by atoms with E-state index in [-0.39, 0.29) is 11.7 Å². The van der Waals surface area contributed by atoms with Crippen molar-refractivity contribution in [2.45, 2.75) is 24.1 Å². The lowest BCUT2D eigenvalue weighted by atomic mass is 10.1. The summed E-state index contributed by atoms with van der Waals surface area (Å²) < 4.78 is 0.768. The van der Waals surface area contributed by atoms with Crippen LogP contribution in [0.2, 0.25) is 0 Å². The van der Waals surface area contributed by atoms with E-state index in [4.69, 9.17) is 0 Å². The van der Waals surface area contributed by atoms with Crippen molar-refractivity contribution in [3.8, 4) is 11.3 Å². The van der Waals surface area contributed by atoms with Crippen LogP contribution in [0.15, 0.2) is 51.5 Å². The van der Waals surface area contributed by atoms with Crippen molar-refractivity contribution in [3.05, 3.63) is 57.6 Å². The van der Waals surface area contributed by atoms with Crippen LogP contribution in [0.4, 0.5) is 10.3 Å². The highest BCUT2D eigenvalue weighted by Crippen LogP contribution is 2.27. The quantitative estimate of drug-likeness (QED) is 0.281. The molecule has 0 aliphatic carbocycles. The number of nitrogens with zero attached hydrogens (tertiary/aromatic N) is 3. The molecule has 0 atom stereocenters. The molecule has 0 spiro atoms. The molecule has 3 aromatic heterocycles. The van der Waals surface area contributed by atoms with Gasteiger partial charge in [0, 0.05) is 22.4 Å². The molecule has 3 heterocycles. The maximum atomic E-state index is 12.3. The highest BCUT2D eigenvalue weighted by molar-refractivity contribution is 8.01. The standard InChI is InChI=1S/C21H21N5OS4/c1-2-14-5-7-15(8-6-14)17-12-29-20(23-17)24-18(27)13-30-21-26-25-19(31-21)22-10-9-16-4-3-11-28-16/h3-8,11-12H,2,9-10,13H2,1H3,(H,22,25)(H,23,24,27). The molecule has 0 aliphatic rings. The van der Waals surface area contributed by atoms with Gasteiger partial charge in [0.15, 0.2) is 9.47 Å². The largest absolute Gasteiger partial charge is 0.360 e. The zero-order chi connectivity index (χ0) is 21.5. The fraction of sp³-hybridized carbons (Fsp3) is 0.238. The number of carbonyl (C=O) groups excluding carboxylic acids is 1. The first-order valence-corrected chi connectivity index (χ1v) is 13.3. The summed E-state index contributed by atoms with van der Waals surface area (Å²) in [6, 6.07) is 12.5. The van der Waals surface area contributed by atoms with E-state index in [0.717, 1.165) is 40.1 Å². The molecular weight excluding hydrogens is 467 g/mol. The smallest absolute Gasteiger partial charge is 0.236 e. The Hall–Kier alpha value is -2.27. The first kappa shape index (κ1) is 21.9. The minimum Gasteiger partial charge on any atom is -0.360 e. The average Bonchev–Trinajstić information content (AvgIpc) is 3.55. The Kier molecular flexibility index (Phi) is 7.68. The highest BCUT2D eigenvalue weighted by Gasteiger charge is 2.11. The maximum absolute atomic E-state index is 12.3. The van der Waals surface area contributed by atoms with E-state index in [0.29, 0.717) is 5.13 Å². The number of carbonyl (C=O) groups is 1. The number of hydrogen-bond acceptors (Lipinski definition) is 9. The number of aryl methyl sites for hydroxylation is 1. The minimum absolute atomic E-state index is 0.102. The number of thiazole rings is 1. The Balaban J connectivity index is 1.22. The number of amides is 1. The fourth-order valence-electron chi connectivity index (χ4n) is 2.74. The average molecular weight is 488 g/mol. The van der Waals surface area contributed by atoms with Gasteiger partial charge in [-0.25, -0.2) is 4.98 Å². The second kappa shape index (κ2) is 10.9. The lowest BCUT2D eigenvalue weighted by Gasteiger charge is -2.01. The number of rotatable bonds is 10. The topological polar surface area (TPSA) is 79.8 Å². The third-order valence-corrected chi connectivity index (χ3v) is 8.08. The van der Waals surface area contributed by atoms with E-state index in [9.17, 15) is 4.79 Å². The minimum atomic E-state index is -0.102. The van der Waals surface area contributed by atoms with Gasteiger partial charge in [0.05, 0.1) is 11.4 Å². The third kappa shape index (κ3) is 6.36. The van der Waals surface area contributed by atoms with Gasteiger partial charge in [-0.05, 0) is 29.9 Å². The molecule has 0 aliphatic heterocycles. The number of aromatic nitrogens is 3. The molecule has 31 heavy (non-hydrogen) atoms. The normalized spacial score (nSPS) is 10.9. The van der Waals surface area contributed by atoms with Crippen LogP contribution in [0.1, 0.15) is 17.4 Å². The van der Waals surface area contributed by atoms with Crippen LogP contribution in [0, 0.1) is 0 Å². The van der Waals surface area contributed by atoms with Crippen LogP contribution in [-0.4, -0.2) is 33.4 Å². The van der Waals surface area contributed by atoms with E-state index < -0.39 is 0 Å². The molecule has 4 aromatic rings. The Bertz CT molecular complexity index is 1110. The monoisotopic (exact) mass is 487 g/mol. The molecule has 1 aromatic carbocycles. The molecule has 0 saturated heterocycles. The molecule has 0 unspecified atom stereocenters. The van der Waals surface area contributed by atoms with Crippen LogP contribution < -0.4 is 10.6 Å². The van der Waals surface area contributed by atoms with E-state index in [2.05, 4.69) is 74.5 Å². The number of nitrogens with one attached hydrogen (secondary N) is 2. The first-order chi connectivity index (χ1) is 15.2. The van der Waals surface area contributed by atoms with Crippen LogP contribution in [0.25, 0.3) is 11.3 Å². The van der Waals surface area contributed by atoms with E-state index in [1.165, 1.54) is 44.9 Å². The summed E-state index contributed by atoms with van der Waals surface area (Å²) in [5.74, 6) is 0.166. The molecular formula is C21H21N5OS4. The lowest BCUT2D eigenvalue weighted by Crippen LogP contribution is -2.13. The molecule has 0 saturated carbocycles. The van der Waals surface area contributed by atoms with Crippen molar-refractivity contribution in [2.24, 2.45) is 0 Å². The predicted octanol–water partition coefficient (Wildman–Crippen LogP) is 5.67. The van der Waals surface area contributed by atoms with Crippen molar-refractivity contribution in [2.75, 3.05) is 22.9 Å². The summed E-state index contributed by atoms with van der Waals surface area (Å²) in [7, 11) is 0. The molecule has 0 fully saturated rings. The molecule has 10 heteroatoms. The number of anilines is 2. The van der Waals surface area contributed by atoms with Crippen molar-refractivity contribution in [1.29, 1.82) is 0 Å². The van der Waals surface area contributed by atoms with Crippen molar-refractivity contribution in [1.82, 2.24) is 15.2 Å². The molecule has 6 nitrogen and oxygen atoms in total. The van der Waals surface area contributed by atoms with Gasteiger partial charge in [0.25, 0.3) is 0 Å². The zero-order valence-corrected chi connectivity index (χ0v) is 20.1. The van der Waals surface area contributed by atoms with Gasteiger partial charge in [-0.1, -0.05) is 60.4 Å². The van der Waals surface area contributed by atoms with E-state index in [1.807, 2.05) is 5.38 Å². The maximum Gasteiger partial charge on any atom is 0.236 e. The number of thioether (sulfide) groups is 1. The van der Waals surface area contributed by atoms with Gasteiger partial charge in [-0.15, -0.1) is 32.9 Å². The second-order valence-electron chi connectivity index (χ2n) is 6.55. The lowest BCUT2D eigenvalue weighted by molar-refractivity contribution is -0.113. The molecule has 0 bridgehead atoms. The fourth-order valence-corrected chi connectivity index (χ4v) is 5.77. The molecule has 0 radical (unpaired) electrons. The Morgan fingerprint density at radius 2 is 1.97 bits per heavy atom. The van der Waals surface area contributed by atoms with E-state index in [1.54, 1.807) is 11.3 Å². The van der Waals surface area contributed by atoms with Gasteiger partial charge < -0.3 is 10.6 Å². The van der Waals surface area contributed by atoms with Crippen LogP contribution in [0.5, 0.6) is 0 Å². The molecule has 160 valence electrons. The van der Waals surface area contributed by atoms with Gasteiger partial charge in [-0.2, -0.15) is 0 Å². The highest BCUT2D eigenvalue weighted by atomic mass is 32.2. The third-order valence-electron chi connectivity index (χ3n) is 4.37. The van der Waals surface area contributed by atoms with Crippen LogP contribution in [-0.2, 0) is 17.6 Å². The van der Waals surface area contributed by atoms with Gasteiger partial charge in [0.1, 0.15) is 0 Å². The summed E-state index contributed by atoms with van der Waals surface area (Å²) >= 11 is 6.02. The summed E-state index contributed by atoms with van der Waals surface area (Å²) in [6.45, 7) is 2.95. The SMILES string of the molecule is CCc1ccc(-c2csc(NC(=O)CSc3nnc(NCCc4cccs4)s3)n2)cc1. The van der Waals surface area contributed by atoms with Gasteiger partial charge in [-0.3, -0.25) is 4.79 Å². The van der Waals surface area contributed by atoms with Crippen molar-refractivity contribution in [3.63, 3.8) is 0 Å². The molecule has 2 N–H and O–H groups in total. The summed E-state index contributed by atoms with van der Waals surface area (Å²) in [4.78, 5) is 18.2. The second-order valence-corrected chi connectivity index (χ2v) is 10.6. The number of benzene rings is 1. The van der Waals surface area contributed by atoms with E-state index >= 15 is 0 Å². The first-order valence-electron chi connectivity index (χ1n) is 9.77. The zero-order valence-electron chi connectivity index (χ0n) is 16.8.